The summed E-state index contributed by atoms with van der Waals surface area (Å²) in [6.07, 6.45) is 1.02. The van der Waals surface area contributed by atoms with Crippen molar-refractivity contribution in [1.29, 1.82) is 0 Å². The van der Waals surface area contributed by atoms with Gasteiger partial charge in [0.25, 0.3) is 11.8 Å². The molecule has 0 aliphatic rings. The normalized spacial score (nSPS) is 11.1. The number of benzene rings is 4. The van der Waals surface area contributed by atoms with E-state index in [0.29, 0.717) is 72.0 Å². The van der Waals surface area contributed by atoms with Crippen molar-refractivity contribution in [3.63, 3.8) is 0 Å². The molecule has 2 heterocycles. The van der Waals surface area contributed by atoms with Gasteiger partial charge in [-0.25, -0.2) is 0 Å². The first-order valence-corrected chi connectivity index (χ1v) is 19.2. The highest BCUT2D eigenvalue weighted by molar-refractivity contribution is 6.33. The molecule has 2 amide bonds. The summed E-state index contributed by atoms with van der Waals surface area (Å²) in [7, 11) is 0. The summed E-state index contributed by atoms with van der Waals surface area (Å²) in [5, 5.41) is 28.4. The van der Waals surface area contributed by atoms with Gasteiger partial charge >= 0.3 is 0 Å². The summed E-state index contributed by atoms with van der Waals surface area (Å²) in [6, 6.07) is 19.2. The molecule has 10 nitrogen and oxygen atoms in total. The monoisotopic (exact) mass is 836 g/mol. The Bertz CT molecular complexity index is 2470. The third-order valence-electron chi connectivity index (χ3n) is 9.09. The third-order valence-corrected chi connectivity index (χ3v) is 10.2. The van der Waals surface area contributed by atoms with Gasteiger partial charge in [-0.05, 0) is 118 Å². The summed E-state index contributed by atoms with van der Waals surface area (Å²) >= 11 is 24.0. The largest absolute Gasteiger partial charge is 0.506 e. The highest BCUT2D eigenvalue weighted by Gasteiger charge is 2.25. The maximum absolute atomic E-state index is 13.2. The van der Waals surface area contributed by atoms with E-state index in [9.17, 15) is 29.4 Å². The van der Waals surface area contributed by atoms with E-state index >= 15 is 0 Å². The van der Waals surface area contributed by atoms with Crippen LogP contribution < -0.4 is 10.6 Å². The predicted octanol–water partition coefficient (Wildman–Crippen LogP) is 9.44. The average Bonchev–Trinajstić information content (AvgIpc) is 3.55. The number of hydrogen-bond acceptors (Lipinski definition) is 6. The van der Waals surface area contributed by atoms with Crippen LogP contribution in [0.4, 0.5) is 0 Å². The molecule has 0 saturated heterocycles. The number of phenolic OH excluding ortho intramolecular Hbond substituents is 2. The molecule has 0 saturated carbocycles. The molecule has 2 aromatic heterocycles. The third kappa shape index (κ3) is 9.16. The van der Waals surface area contributed by atoms with Crippen LogP contribution in [0.25, 0.3) is 21.8 Å². The average molecular weight is 839 g/mol. The van der Waals surface area contributed by atoms with Crippen molar-refractivity contribution >= 4 is 91.8 Å². The van der Waals surface area contributed by atoms with Gasteiger partial charge in [0.15, 0.2) is 0 Å². The van der Waals surface area contributed by atoms with Gasteiger partial charge in [-0.1, -0.05) is 53.3 Å². The van der Waals surface area contributed by atoms with Crippen LogP contribution in [0, 0.1) is 13.8 Å². The van der Waals surface area contributed by atoms with Crippen LogP contribution in [0.3, 0.4) is 0 Å². The predicted molar refractivity (Wildman–Crippen MR) is 223 cm³/mol. The molecule has 6 rings (SSSR count). The van der Waals surface area contributed by atoms with E-state index < -0.39 is 0 Å². The van der Waals surface area contributed by atoms with Crippen molar-refractivity contribution in [2.45, 2.75) is 59.9 Å². The van der Waals surface area contributed by atoms with Gasteiger partial charge < -0.3 is 20.8 Å². The molecule has 0 aliphatic carbocycles. The number of halogens is 4. The summed E-state index contributed by atoms with van der Waals surface area (Å²) in [5.74, 6) is -1.03. The SMILES string of the molecule is CCCNC(=O)Cc1c(C)n(C(=O)c2ccc(Cl)cc2)c2cc(Cl)c(O)cc12.Cc1c(CC(=O)NC(C)C)c2cc(O)c(Cl)cc2n1C(=O)c1ccc(Cl)cc1. The lowest BCUT2D eigenvalue weighted by Gasteiger charge is -2.09. The lowest BCUT2D eigenvalue weighted by atomic mass is 10.1. The molecule has 14 heteroatoms. The van der Waals surface area contributed by atoms with Gasteiger partial charge in [0.1, 0.15) is 11.5 Å². The van der Waals surface area contributed by atoms with Crippen LogP contribution in [0.1, 0.15) is 70.4 Å². The van der Waals surface area contributed by atoms with E-state index in [1.165, 1.54) is 27.3 Å². The Balaban J connectivity index is 0.000000214. The van der Waals surface area contributed by atoms with Crippen LogP contribution in [0.5, 0.6) is 11.5 Å². The second-order valence-electron chi connectivity index (χ2n) is 13.5. The van der Waals surface area contributed by atoms with E-state index in [1.54, 1.807) is 68.4 Å². The molecule has 0 aliphatic heterocycles. The fourth-order valence-corrected chi connectivity index (χ4v) is 6.98. The fourth-order valence-electron chi connectivity index (χ4n) is 6.41. The minimum Gasteiger partial charge on any atom is -0.506 e. The summed E-state index contributed by atoms with van der Waals surface area (Å²) < 4.78 is 3.04. The Kier molecular flexibility index (Phi) is 13.4. The molecule has 0 bridgehead atoms. The molecule has 0 spiro atoms. The number of amides is 2. The molecular weight excluding hydrogens is 798 g/mol. The Morgan fingerprint density at radius 1 is 0.643 bits per heavy atom. The maximum Gasteiger partial charge on any atom is 0.262 e. The minimum absolute atomic E-state index is 0.000276. The quantitative estimate of drug-likeness (QED) is 0.114. The van der Waals surface area contributed by atoms with Crippen LogP contribution in [0.15, 0.2) is 72.8 Å². The van der Waals surface area contributed by atoms with Crippen molar-refractivity contribution in [3.8, 4) is 11.5 Å². The second kappa shape index (κ2) is 17.9. The standard InChI is InChI=1S/2C21H20Cl2N2O3/c1-11(2)24-20(27)9-15-12(3)25(18-10-17(23)19(26)8-16(15)18)21(28)13-4-6-14(22)7-5-13;1-3-8-24-20(27)10-15-12(2)25(18-11-17(23)19(26)9-16(15)18)21(28)13-4-6-14(22)7-5-13/h4-8,10-11,26H,9H2,1-3H3,(H,24,27);4-7,9,11,26H,3,8,10H2,1-2H3,(H,24,27). The topological polar surface area (TPSA) is 143 Å². The highest BCUT2D eigenvalue weighted by atomic mass is 35.5. The molecule has 0 radical (unpaired) electrons. The van der Waals surface area contributed by atoms with Crippen LogP contribution >= 0.6 is 46.4 Å². The summed E-state index contributed by atoms with van der Waals surface area (Å²) in [6.45, 7) is 9.87. The van der Waals surface area contributed by atoms with E-state index in [1.807, 2.05) is 20.8 Å². The first kappa shape index (κ1) is 42.1. The molecule has 0 unspecified atom stereocenters. The molecule has 0 fully saturated rings. The Labute approximate surface area is 343 Å². The lowest BCUT2D eigenvalue weighted by molar-refractivity contribution is -0.121. The maximum atomic E-state index is 13.2. The van der Waals surface area contributed by atoms with Gasteiger partial charge in [0.05, 0.1) is 33.9 Å². The van der Waals surface area contributed by atoms with Crippen molar-refractivity contribution in [3.05, 3.63) is 127 Å². The number of rotatable bonds is 9. The summed E-state index contributed by atoms with van der Waals surface area (Å²) in [5.41, 5.74) is 4.58. The van der Waals surface area contributed by atoms with E-state index in [0.717, 1.165) is 6.42 Å². The number of carbonyl (C=O) groups excluding carboxylic acids is 4. The Morgan fingerprint density at radius 3 is 1.41 bits per heavy atom. The Hall–Kier alpha value is -5.00. The molecule has 4 N–H and O–H groups in total. The number of carbonyl (C=O) groups is 4. The number of nitrogens with zero attached hydrogens (tertiary/aromatic N) is 2. The molecule has 6 aromatic rings. The number of aromatic hydroxyl groups is 2. The van der Waals surface area contributed by atoms with Crippen molar-refractivity contribution in [1.82, 2.24) is 19.8 Å². The second-order valence-corrected chi connectivity index (χ2v) is 15.2. The van der Waals surface area contributed by atoms with Gasteiger partial charge in [0.2, 0.25) is 11.8 Å². The molecule has 56 heavy (non-hydrogen) atoms. The fraction of sp³-hybridized carbons (Fsp3) is 0.238. The lowest BCUT2D eigenvalue weighted by Crippen LogP contribution is -2.31. The first-order valence-electron chi connectivity index (χ1n) is 17.7. The minimum atomic E-state index is -0.267. The smallest absolute Gasteiger partial charge is 0.262 e. The number of phenols is 2. The highest BCUT2D eigenvalue weighted by Crippen LogP contribution is 2.36. The van der Waals surface area contributed by atoms with Crippen molar-refractivity contribution in [2.75, 3.05) is 6.54 Å². The van der Waals surface area contributed by atoms with E-state index in [4.69, 9.17) is 46.4 Å². The van der Waals surface area contributed by atoms with Gasteiger partial charge in [-0.15, -0.1) is 0 Å². The van der Waals surface area contributed by atoms with Gasteiger partial charge in [-0.2, -0.15) is 0 Å². The molecular formula is C42H40Cl4N4O6. The first-order chi connectivity index (χ1) is 26.5. The zero-order valence-corrected chi connectivity index (χ0v) is 34.3. The van der Waals surface area contributed by atoms with Gasteiger partial charge in [0, 0.05) is 55.9 Å². The molecule has 0 atom stereocenters. The summed E-state index contributed by atoms with van der Waals surface area (Å²) in [4.78, 5) is 51.0. The number of fused-ring (bicyclic) bond motifs is 2. The number of hydrogen-bond donors (Lipinski definition) is 4. The van der Waals surface area contributed by atoms with Crippen LogP contribution in [0.2, 0.25) is 20.1 Å². The van der Waals surface area contributed by atoms with Crippen molar-refractivity contribution in [2.24, 2.45) is 0 Å². The van der Waals surface area contributed by atoms with E-state index in [2.05, 4.69) is 10.6 Å². The van der Waals surface area contributed by atoms with Crippen LogP contribution in [-0.4, -0.2) is 55.6 Å². The number of nitrogens with one attached hydrogen (secondary N) is 2. The molecule has 4 aromatic carbocycles. The van der Waals surface area contributed by atoms with E-state index in [-0.39, 0.29) is 64.1 Å². The van der Waals surface area contributed by atoms with Gasteiger partial charge in [-0.3, -0.25) is 28.3 Å². The Morgan fingerprint density at radius 2 is 1.04 bits per heavy atom. The molecule has 292 valence electrons. The zero-order chi connectivity index (χ0) is 41.0. The zero-order valence-electron chi connectivity index (χ0n) is 31.3. The van der Waals surface area contributed by atoms with Crippen molar-refractivity contribution < 1.29 is 29.4 Å². The van der Waals surface area contributed by atoms with Crippen LogP contribution in [-0.2, 0) is 22.4 Å². The number of aromatic nitrogens is 2.